The molecule has 0 radical (unpaired) electrons. The first-order valence-corrected chi connectivity index (χ1v) is 7.29. The minimum Gasteiger partial charge on any atom is -0.452 e. The maximum atomic E-state index is 12.8. The minimum absolute atomic E-state index is 0.146. The number of hydrogen-bond donors (Lipinski definition) is 2. The van der Waals surface area contributed by atoms with E-state index in [1.807, 2.05) is 5.32 Å². The van der Waals surface area contributed by atoms with Crippen LogP contribution in [0.3, 0.4) is 0 Å². The van der Waals surface area contributed by atoms with Crippen LogP contribution in [-0.2, 0) is 14.3 Å². The maximum Gasteiger partial charge on any atom is 0.318 e. The van der Waals surface area contributed by atoms with Gasteiger partial charge in [-0.15, -0.1) is 0 Å². The highest BCUT2D eigenvalue weighted by Crippen LogP contribution is 2.11. The number of Topliss-reactive ketones (excluding diaryl/α,β-unsaturated/α-hetero) is 1. The molecule has 0 aliphatic heterocycles. The number of primary amides is 1. The summed E-state index contributed by atoms with van der Waals surface area (Å²) in [6.45, 7) is 3.25. The van der Waals surface area contributed by atoms with E-state index < -0.39 is 29.8 Å². The lowest BCUT2D eigenvalue weighted by molar-refractivity contribution is -0.158. The fourth-order valence-electron chi connectivity index (χ4n) is 1.88. The van der Waals surface area contributed by atoms with Crippen LogP contribution in [0.2, 0.25) is 0 Å². The molecule has 1 atom stereocenters. The molecule has 7 nitrogen and oxygen atoms in total. The molecule has 0 fully saturated rings. The van der Waals surface area contributed by atoms with Gasteiger partial charge in [0.05, 0.1) is 6.42 Å². The van der Waals surface area contributed by atoms with Crippen molar-refractivity contribution >= 4 is 23.7 Å². The topological polar surface area (TPSA) is 116 Å². The average Bonchev–Trinajstić information content (AvgIpc) is 2.49. The van der Waals surface area contributed by atoms with E-state index in [4.69, 9.17) is 10.5 Å². The third-order valence-corrected chi connectivity index (χ3v) is 3.09. The Bertz CT molecular complexity index is 628. The lowest BCUT2D eigenvalue weighted by Gasteiger charge is -2.19. The number of imide groups is 1. The highest BCUT2D eigenvalue weighted by molar-refractivity contribution is 5.98. The molecule has 1 aromatic rings. The van der Waals surface area contributed by atoms with Crippen molar-refractivity contribution in [3.63, 3.8) is 0 Å². The van der Waals surface area contributed by atoms with Gasteiger partial charge in [0.15, 0.2) is 11.9 Å². The van der Waals surface area contributed by atoms with Gasteiger partial charge in [0.1, 0.15) is 5.82 Å². The van der Waals surface area contributed by atoms with Gasteiger partial charge >= 0.3 is 12.0 Å². The zero-order valence-electron chi connectivity index (χ0n) is 13.4. The number of carbonyl (C=O) groups excluding carboxylic acids is 4. The highest BCUT2D eigenvalue weighted by Gasteiger charge is 2.27. The largest absolute Gasteiger partial charge is 0.452 e. The van der Waals surface area contributed by atoms with Crippen molar-refractivity contribution in [2.75, 3.05) is 0 Å². The lowest BCUT2D eigenvalue weighted by atomic mass is 10.1. The van der Waals surface area contributed by atoms with Crippen molar-refractivity contribution in [1.29, 1.82) is 0 Å². The molecule has 3 N–H and O–H groups in total. The zero-order valence-corrected chi connectivity index (χ0v) is 13.4. The standard InChI is InChI=1S/C16H19FN2O5/c1-9(2)14(15(22)19-16(18)23)24-13(21)8-7-12(20)10-3-5-11(17)6-4-10/h3-6,9,14H,7-8H2,1-2H3,(H3,18,19,22,23)/t14-/m1/s1. The van der Waals surface area contributed by atoms with Gasteiger partial charge in [0.2, 0.25) is 0 Å². The quantitative estimate of drug-likeness (QED) is 0.578. The molecule has 0 aromatic heterocycles. The highest BCUT2D eigenvalue weighted by atomic mass is 19.1. The molecule has 0 aliphatic rings. The van der Waals surface area contributed by atoms with Crippen molar-refractivity contribution in [3.05, 3.63) is 35.6 Å². The maximum absolute atomic E-state index is 12.8. The fraction of sp³-hybridized carbons (Fsp3) is 0.375. The first kappa shape index (κ1) is 19.3. The molecule has 8 heteroatoms. The number of benzene rings is 1. The van der Waals surface area contributed by atoms with Gasteiger partial charge in [0.25, 0.3) is 5.91 Å². The number of hydrogen-bond acceptors (Lipinski definition) is 5. The summed E-state index contributed by atoms with van der Waals surface area (Å²) in [5.74, 6) is -2.79. The van der Waals surface area contributed by atoms with Crippen LogP contribution in [0.4, 0.5) is 9.18 Å². The van der Waals surface area contributed by atoms with E-state index in [2.05, 4.69) is 0 Å². The number of urea groups is 1. The number of amides is 3. The Morgan fingerprint density at radius 3 is 2.21 bits per heavy atom. The zero-order chi connectivity index (χ0) is 18.3. The number of rotatable bonds is 7. The van der Waals surface area contributed by atoms with Gasteiger partial charge in [-0.1, -0.05) is 13.8 Å². The molecule has 1 rings (SSSR count). The Balaban J connectivity index is 2.56. The Kier molecular flexibility index (Phi) is 7.03. The second kappa shape index (κ2) is 8.76. The number of nitrogens with two attached hydrogens (primary N) is 1. The Hall–Kier alpha value is -2.77. The molecule has 1 aromatic carbocycles. The monoisotopic (exact) mass is 338 g/mol. The van der Waals surface area contributed by atoms with E-state index in [0.29, 0.717) is 0 Å². The number of halogens is 1. The second-order valence-electron chi connectivity index (χ2n) is 5.44. The average molecular weight is 338 g/mol. The first-order chi connectivity index (χ1) is 11.2. The van der Waals surface area contributed by atoms with Crippen LogP contribution in [0.25, 0.3) is 0 Å². The van der Waals surface area contributed by atoms with Crippen LogP contribution in [0.5, 0.6) is 0 Å². The van der Waals surface area contributed by atoms with Crippen molar-refractivity contribution in [1.82, 2.24) is 5.32 Å². The van der Waals surface area contributed by atoms with Crippen LogP contribution in [0, 0.1) is 11.7 Å². The summed E-state index contributed by atoms with van der Waals surface area (Å²) in [5, 5.41) is 1.85. The van der Waals surface area contributed by atoms with Crippen molar-refractivity contribution in [3.8, 4) is 0 Å². The summed E-state index contributed by atoms with van der Waals surface area (Å²) in [7, 11) is 0. The van der Waals surface area contributed by atoms with E-state index in [0.717, 1.165) is 12.1 Å². The molecule has 0 aliphatic carbocycles. The Morgan fingerprint density at radius 2 is 1.71 bits per heavy atom. The molecular weight excluding hydrogens is 319 g/mol. The van der Waals surface area contributed by atoms with Crippen molar-refractivity contribution in [2.24, 2.45) is 11.7 Å². The fourth-order valence-corrected chi connectivity index (χ4v) is 1.88. The first-order valence-electron chi connectivity index (χ1n) is 7.29. The van der Waals surface area contributed by atoms with Crippen molar-refractivity contribution in [2.45, 2.75) is 32.8 Å². The van der Waals surface area contributed by atoms with Gasteiger partial charge in [-0.25, -0.2) is 9.18 Å². The molecule has 0 saturated heterocycles. The number of ether oxygens (including phenoxy) is 1. The molecular formula is C16H19FN2O5. The lowest BCUT2D eigenvalue weighted by Crippen LogP contribution is -2.45. The predicted octanol–water partition coefficient (Wildman–Crippen LogP) is 1.55. The van der Waals surface area contributed by atoms with E-state index in [1.165, 1.54) is 12.1 Å². The van der Waals surface area contributed by atoms with E-state index in [1.54, 1.807) is 13.8 Å². The van der Waals surface area contributed by atoms with Gasteiger partial charge in [-0.3, -0.25) is 19.7 Å². The molecule has 24 heavy (non-hydrogen) atoms. The molecule has 0 bridgehead atoms. The predicted molar refractivity (Wildman–Crippen MR) is 82.4 cm³/mol. The summed E-state index contributed by atoms with van der Waals surface area (Å²) in [4.78, 5) is 46.1. The summed E-state index contributed by atoms with van der Waals surface area (Å²) in [6, 6.07) is 3.89. The van der Waals surface area contributed by atoms with Gasteiger partial charge in [0, 0.05) is 12.0 Å². The van der Waals surface area contributed by atoms with E-state index >= 15 is 0 Å². The number of nitrogens with one attached hydrogen (secondary N) is 1. The normalized spacial score (nSPS) is 11.7. The smallest absolute Gasteiger partial charge is 0.318 e. The second-order valence-corrected chi connectivity index (χ2v) is 5.44. The number of carbonyl (C=O) groups is 4. The molecule has 0 unspecified atom stereocenters. The summed E-state index contributed by atoms with van der Waals surface area (Å²) in [6.07, 6.45) is -1.58. The molecule has 130 valence electrons. The third-order valence-electron chi connectivity index (χ3n) is 3.09. The van der Waals surface area contributed by atoms with Crippen LogP contribution >= 0.6 is 0 Å². The Labute approximate surface area is 138 Å². The van der Waals surface area contributed by atoms with Crippen LogP contribution in [-0.4, -0.2) is 29.8 Å². The summed E-state index contributed by atoms with van der Waals surface area (Å²) >= 11 is 0. The van der Waals surface area contributed by atoms with Crippen LogP contribution < -0.4 is 11.1 Å². The molecule has 0 heterocycles. The SMILES string of the molecule is CC(C)[C@@H](OC(=O)CCC(=O)c1ccc(F)cc1)C(=O)NC(N)=O. The van der Waals surface area contributed by atoms with Gasteiger partial charge in [-0.2, -0.15) is 0 Å². The molecule has 0 saturated carbocycles. The van der Waals surface area contributed by atoms with Gasteiger partial charge < -0.3 is 10.5 Å². The molecule has 3 amide bonds. The van der Waals surface area contributed by atoms with E-state index in [9.17, 15) is 23.6 Å². The van der Waals surface area contributed by atoms with Crippen LogP contribution in [0.15, 0.2) is 24.3 Å². The third kappa shape index (κ3) is 6.15. The van der Waals surface area contributed by atoms with E-state index in [-0.39, 0.29) is 30.1 Å². The summed E-state index contributed by atoms with van der Waals surface area (Å²) < 4.78 is 17.8. The van der Waals surface area contributed by atoms with Crippen molar-refractivity contribution < 1.29 is 28.3 Å². The minimum atomic E-state index is -1.19. The van der Waals surface area contributed by atoms with Crippen LogP contribution in [0.1, 0.15) is 37.0 Å². The summed E-state index contributed by atoms with van der Waals surface area (Å²) in [5.41, 5.74) is 5.13. The van der Waals surface area contributed by atoms with Gasteiger partial charge in [-0.05, 0) is 30.2 Å². The number of esters is 1. The Morgan fingerprint density at radius 1 is 1.12 bits per heavy atom. The number of ketones is 1. The molecule has 0 spiro atoms.